The number of pyridine rings is 2. The average Bonchev–Trinajstić information content (AvgIpc) is 0.808. The van der Waals surface area contributed by atoms with E-state index in [-0.39, 0.29) is 45.7 Å². The van der Waals surface area contributed by atoms with Crippen LogP contribution in [0, 0.1) is 0 Å². The van der Waals surface area contributed by atoms with Crippen LogP contribution in [0.3, 0.4) is 0 Å². The summed E-state index contributed by atoms with van der Waals surface area (Å²) < 4.78 is 42.0. The highest BCUT2D eigenvalue weighted by Crippen LogP contribution is 2.46. The maximum absolute atomic E-state index is 7.31. The highest BCUT2D eigenvalue weighted by molar-refractivity contribution is 5.62. The van der Waals surface area contributed by atoms with Gasteiger partial charge in [-0.3, -0.25) is 9.97 Å². The number of hydrogen-bond donors (Lipinski definition) is 1. The first kappa shape index (κ1) is 68.7. The molecule has 9 nitrogen and oxygen atoms in total. The smallest absolute Gasteiger partial charge is 0.130 e. The lowest BCUT2D eigenvalue weighted by atomic mass is 9.79. The third-order valence-corrected chi connectivity index (χ3v) is 18.1. The number of rotatable bonds is 12. The molecule has 0 amide bonds. The summed E-state index contributed by atoms with van der Waals surface area (Å²) in [4.78, 5) is 9.56. The zero-order valence-corrected chi connectivity index (χ0v) is 59.5. The number of hydrogen-bond acceptors (Lipinski definition) is 9. The van der Waals surface area contributed by atoms with Crippen LogP contribution >= 0.6 is 0 Å². The fourth-order valence-corrected chi connectivity index (χ4v) is 12.7. The van der Waals surface area contributed by atoms with E-state index < -0.39 is 0 Å². The van der Waals surface area contributed by atoms with E-state index in [2.05, 4.69) is 197 Å². The van der Waals surface area contributed by atoms with Crippen LogP contribution in [-0.2, 0) is 84.2 Å². The van der Waals surface area contributed by atoms with Gasteiger partial charge in [-0.15, -0.1) is 0 Å². The highest BCUT2D eigenvalue weighted by atomic mass is 16.5. The Morgan fingerprint density at radius 2 is 0.511 bits per heavy atom. The first-order valence-corrected chi connectivity index (χ1v) is 33.1. The van der Waals surface area contributed by atoms with E-state index in [0.717, 1.165) is 113 Å². The minimum Gasteiger partial charge on any atom is -0.496 e. The maximum Gasteiger partial charge on any atom is 0.130 e. The Hall–Kier alpha value is -7.62. The molecule has 0 atom stereocenters. The molecular weight excluding hydrogens is 1130 g/mol. The first-order chi connectivity index (χ1) is 43.2. The second-order valence-corrected chi connectivity index (χ2v) is 31.8. The highest BCUT2D eigenvalue weighted by Gasteiger charge is 2.31. The second kappa shape index (κ2) is 27.1. The van der Waals surface area contributed by atoms with Crippen LogP contribution in [0.1, 0.15) is 236 Å². The van der Waals surface area contributed by atoms with Gasteiger partial charge in [0.05, 0.1) is 32.7 Å². The average molecular weight is 1240 g/mol. The summed E-state index contributed by atoms with van der Waals surface area (Å²) in [6.07, 6.45) is 6.87. The van der Waals surface area contributed by atoms with E-state index in [1.165, 1.54) is 33.4 Å². The standard InChI is InChI=1S/C83H105N3O6/c1-78(2,3)64-38-52-32-58-44-67(81(10,11)12)45-59(75(58)90-31-28-84)33-53-39-65(79(4,5)6)41-55(73(53)88-20)35-61-47-69(83(16,17)18)49-63(77(61)92-51-71-27-23-25-30-86-71)37-57-43-66(80(7,8)9)42-56(74(57)89-21)36-62-48-68(82(13,14)15)46-60(34-54(40-64)72(52)87-19)76(62)91-50-70-26-22-24-29-85-70/h22-27,29-30,38-49H,28,31-37,50-51,84H2,1-21H3. The fraction of sp³-hybridized carbons (Fsp3) is 0.446. The van der Waals surface area contributed by atoms with Crippen LogP contribution < -0.4 is 34.2 Å². The number of benzene rings is 6. The summed E-state index contributed by atoms with van der Waals surface area (Å²) in [7, 11) is 5.46. The topological polar surface area (TPSA) is 107 Å². The molecule has 0 saturated carbocycles. The lowest BCUT2D eigenvalue weighted by Gasteiger charge is -2.29. The molecule has 12 bridgehead atoms. The van der Waals surface area contributed by atoms with Gasteiger partial charge in [-0.25, -0.2) is 0 Å². The fourth-order valence-electron chi connectivity index (χ4n) is 12.7. The maximum atomic E-state index is 7.31. The Morgan fingerprint density at radius 1 is 0.304 bits per heavy atom. The van der Waals surface area contributed by atoms with Gasteiger partial charge in [0, 0.05) is 57.5 Å². The Kier molecular flexibility index (Phi) is 20.3. The SMILES string of the molecule is COc1c2cc(C(C)(C)C)cc1Cc1cc(C(C)(C)C)cc(c1OCc1ccccn1)Cc1cc(C(C)(C)C)cc(c1OC)Cc1cc(C(C)(C)C)cc(c1OCc1ccccn1)Cc1cc(C(C)(C)C)cc(c1OC)Cc1cc(C(C)(C)C)cc(c1OCCN)C2. The van der Waals surface area contributed by atoms with Crippen molar-refractivity contribution in [2.75, 3.05) is 34.5 Å². The molecule has 8 aromatic rings. The van der Waals surface area contributed by atoms with Gasteiger partial charge in [-0.05, 0) is 157 Å². The quantitative estimate of drug-likeness (QED) is 0.128. The molecule has 2 aromatic heterocycles. The lowest BCUT2D eigenvalue weighted by molar-refractivity contribution is 0.295. The van der Waals surface area contributed by atoms with E-state index in [1.807, 2.05) is 70.1 Å². The van der Waals surface area contributed by atoms with Crippen molar-refractivity contribution in [3.05, 3.63) is 233 Å². The van der Waals surface area contributed by atoms with Crippen molar-refractivity contribution in [1.82, 2.24) is 9.97 Å². The predicted molar refractivity (Wildman–Crippen MR) is 379 cm³/mol. The van der Waals surface area contributed by atoms with Crippen molar-refractivity contribution in [1.29, 1.82) is 0 Å². The van der Waals surface area contributed by atoms with Crippen molar-refractivity contribution in [2.45, 2.75) is 209 Å². The zero-order valence-electron chi connectivity index (χ0n) is 59.5. The predicted octanol–water partition coefficient (Wildman–Crippen LogP) is 18.6. The second-order valence-electron chi connectivity index (χ2n) is 31.8. The Morgan fingerprint density at radius 3 is 0.685 bits per heavy atom. The number of ether oxygens (including phenoxy) is 6. The molecule has 9 heteroatoms. The number of nitrogens with two attached hydrogens (primary N) is 1. The van der Waals surface area contributed by atoms with Crippen LogP contribution in [0.15, 0.2) is 122 Å². The molecule has 0 unspecified atom stereocenters. The van der Waals surface area contributed by atoms with Crippen molar-refractivity contribution >= 4 is 0 Å². The van der Waals surface area contributed by atoms with E-state index >= 15 is 0 Å². The van der Waals surface area contributed by atoms with E-state index in [0.29, 0.717) is 51.7 Å². The summed E-state index contributed by atoms with van der Waals surface area (Å²) in [5.74, 6) is 5.01. The van der Waals surface area contributed by atoms with Gasteiger partial charge in [0.25, 0.3) is 0 Å². The molecule has 9 rings (SSSR count). The molecule has 0 aliphatic heterocycles. The summed E-state index contributed by atoms with van der Waals surface area (Å²) in [5, 5.41) is 0. The number of aromatic nitrogens is 2. The molecule has 6 aromatic carbocycles. The van der Waals surface area contributed by atoms with E-state index in [4.69, 9.17) is 44.1 Å². The largest absolute Gasteiger partial charge is 0.496 e. The van der Waals surface area contributed by atoms with Crippen LogP contribution in [0.5, 0.6) is 34.5 Å². The van der Waals surface area contributed by atoms with Crippen molar-refractivity contribution < 1.29 is 28.4 Å². The molecule has 0 saturated heterocycles. The van der Waals surface area contributed by atoms with Crippen molar-refractivity contribution in [3.63, 3.8) is 0 Å². The zero-order chi connectivity index (χ0) is 66.9. The Bertz CT molecular complexity index is 3680. The minimum absolute atomic E-state index is 0.217. The van der Waals surface area contributed by atoms with Crippen LogP contribution in [-0.4, -0.2) is 44.4 Å². The van der Waals surface area contributed by atoms with Gasteiger partial charge < -0.3 is 34.2 Å². The van der Waals surface area contributed by atoms with Crippen LogP contribution in [0.2, 0.25) is 0 Å². The minimum atomic E-state index is -0.230. The molecule has 488 valence electrons. The van der Waals surface area contributed by atoms with E-state index in [9.17, 15) is 0 Å². The van der Waals surface area contributed by atoms with Crippen molar-refractivity contribution in [3.8, 4) is 34.5 Å². The van der Waals surface area contributed by atoms with Gasteiger partial charge in [0.15, 0.2) is 0 Å². The summed E-state index contributed by atoms with van der Waals surface area (Å²) in [5.41, 5.74) is 26.9. The summed E-state index contributed by atoms with van der Waals surface area (Å²) in [6.45, 7) is 42.6. The molecule has 0 radical (unpaired) electrons. The molecule has 0 fully saturated rings. The Labute approximate surface area is 552 Å². The van der Waals surface area contributed by atoms with Crippen LogP contribution in [0.4, 0.5) is 0 Å². The number of fused-ring (bicyclic) bond motifs is 12. The molecule has 92 heavy (non-hydrogen) atoms. The number of methoxy groups -OCH3 is 3. The van der Waals surface area contributed by atoms with Crippen molar-refractivity contribution in [2.24, 2.45) is 5.73 Å². The third-order valence-electron chi connectivity index (χ3n) is 18.1. The molecular formula is C83H105N3O6. The molecule has 1 aliphatic carbocycles. The number of nitrogens with zero attached hydrogens (tertiary/aromatic N) is 2. The normalized spacial score (nSPS) is 13.5. The third kappa shape index (κ3) is 16.0. The van der Waals surface area contributed by atoms with Gasteiger partial charge in [-0.1, -0.05) is 210 Å². The summed E-state index contributed by atoms with van der Waals surface area (Å²) in [6, 6.07) is 40.4. The Balaban J connectivity index is 1.44. The summed E-state index contributed by atoms with van der Waals surface area (Å²) >= 11 is 0. The monoisotopic (exact) mass is 1240 g/mol. The molecule has 1 aliphatic rings. The van der Waals surface area contributed by atoms with Gasteiger partial charge in [0.1, 0.15) is 54.3 Å². The first-order valence-electron chi connectivity index (χ1n) is 33.1. The van der Waals surface area contributed by atoms with Gasteiger partial charge >= 0.3 is 0 Å². The van der Waals surface area contributed by atoms with Gasteiger partial charge in [0.2, 0.25) is 0 Å². The molecule has 0 spiro atoms. The van der Waals surface area contributed by atoms with Crippen LogP contribution in [0.25, 0.3) is 0 Å². The molecule has 2 heterocycles. The lowest BCUT2D eigenvalue weighted by Crippen LogP contribution is -2.18. The molecule has 2 N–H and O–H groups in total. The van der Waals surface area contributed by atoms with Gasteiger partial charge in [-0.2, -0.15) is 0 Å². The van der Waals surface area contributed by atoms with E-state index in [1.54, 1.807) is 0 Å².